The summed E-state index contributed by atoms with van der Waals surface area (Å²) >= 11 is 3.98. The fraction of sp³-hybridized carbons (Fsp3) is 0.273. The molecule has 0 spiro atoms. The summed E-state index contributed by atoms with van der Waals surface area (Å²) in [7, 11) is 0. The van der Waals surface area contributed by atoms with Crippen LogP contribution >= 0.6 is 12.6 Å². The molecule has 0 aliphatic heterocycles. The maximum absolute atomic E-state index is 13.3. The van der Waals surface area contributed by atoms with Gasteiger partial charge in [-0.05, 0) is 24.6 Å². The first-order valence-electron chi connectivity index (χ1n) is 4.65. The van der Waals surface area contributed by atoms with Gasteiger partial charge in [0.2, 0.25) is 0 Å². The molecule has 0 atom stereocenters. The third-order valence-corrected chi connectivity index (χ3v) is 2.17. The molecule has 0 saturated heterocycles. The topological polar surface area (TPSA) is 50.1 Å². The Hall–Kier alpha value is -1.54. The highest BCUT2D eigenvalue weighted by atomic mass is 32.1. The first-order valence-corrected chi connectivity index (χ1v) is 5.10. The van der Waals surface area contributed by atoms with E-state index < -0.39 is 11.8 Å². The van der Waals surface area contributed by atoms with E-state index in [4.69, 9.17) is 10.00 Å². The first-order chi connectivity index (χ1) is 7.58. The molecule has 0 radical (unpaired) electrons. The van der Waals surface area contributed by atoms with Gasteiger partial charge in [0.15, 0.2) is 0 Å². The third-order valence-electron chi connectivity index (χ3n) is 1.91. The van der Waals surface area contributed by atoms with E-state index in [1.165, 1.54) is 6.07 Å². The van der Waals surface area contributed by atoms with E-state index in [0.717, 1.165) is 6.07 Å². The molecule has 1 aromatic carbocycles. The van der Waals surface area contributed by atoms with Crippen LogP contribution in [0.1, 0.15) is 18.1 Å². The lowest BCUT2D eigenvalue weighted by Gasteiger charge is -2.06. The van der Waals surface area contributed by atoms with Gasteiger partial charge >= 0.3 is 5.97 Å². The van der Waals surface area contributed by atoms with Crippen LogP contribution in [0, 0.1) is 17.1 Å². The van der Waals surface area contributed by atoms with Gasteiger partial charge in [-0.15, -0.1) is 12.6 Å². The Morgan fingerprint density at radius 3 is 2.88 bits per heavy atom. The van der Waals surface area contributed by atoms with Crippen LogP contribution in [0.15, 0.2) is 17.0 Å². The zero-order chi connectivity index (χ0) is 12.1. The molecule has 0 N–H and O–H groups in total. The van der Waals surface area contributed by atoms with Crippen LogP contribution in [-0.4, -0.2) is 12.6 Å². The zero-order valence-corrected chi connectivity index (χ0v) is 9.55. The largest absolute Gasteiger partial charge is 0.466 e. The number of nitrogens with zero attached hydrogens (tertiary/aromatic N) is 1. The normalized spacial score (nSPS) is 9.62. The Kier molecular flexibility index (Phi) is 4.32. The molecule has 0 heterocycles. The molecule has 0 unspecified atom stereocenters. The fourth-order valence-corrected chi connectivity index (χ4v) is 1.55. The molecular formula is C11H10FNO2S. The van der Waals surface area contributed by atoms with Crippen LogP contribution in [0.25, 0.3) is 0 Å². The maximum Gasteiger partial charge on any atom is 0.310 e. The summed E-state index contributed by atoms with van der Waals surface area (Å²) in [5, 5.41) is 8.77. The summed E-state index contributed by atoms with van der Waals surface area (Å²) in [6, 6.07) is 4.34. The summed E-state index contributed by atoms with van der Waals surface area (Å²) in [6.45, 7) is 1.93. The van der Waals surface area contributed by atoms with Gasteiger partial charge in [0.05, 0.1) is 18.6 Å². The summed E-state index contributed by atoms with van der Waals surface area (Å²) < 4.78 is 18.1. The molecule has 0 aliphatic carbocycles. The lowest BCUT2D eigenvalue weighted by Crippen LogP contribution is -2.09. The number of ether oxygens (including phenoxy) is 1. The van der Waals surface area contributed by atoms with Gasteiger partial charge in [-0.1, -0.05) is 0 Å². The molecule has 1 rings (SSSR count). The van der Waals surface area contributed by atoms with E-state index in [-0.39, 0.29) is 18.6 Å². The molecule has 84 valence electrons. The fourth-order valence-electron chi connectivity index (χ4n) is 1.28. The van der Waals surface area contributed by atoms with Crippen molar-refractivity contribution in [2.24, 2.45) is 0 Å². The van der Waals surface area contributed by atoms with Crippen molar-refractivity contribution in [1.29, 1.82) is 5.26 Å². The van der Waals surface area contributed by atoms with Gasteiger partial charge in [0, 0.05) is 4.90 Å². The molecular weight excluding hydrogens is 229 g/mol. The first kappa shape index (κ1) is 12.5. The molecule has 3 nitrogen and oxygen atoms in total. The molecule has 0 aliphatic rings. The smallest absolute Gasteiger partial charge is 0.310 e. The average Bonchev–Trinajstić information content (AvgIpc) is 2.17. The van der Waals surface area contributed by atoms with Crippen molar-refractivity contribution in [3.63, 3.8) is 0 Å². The van der Waals surface area contributed by atoms with Crippen LogP contribution in [0.5, 0.6) is 0 Å². The van der Waals surface area contributed by atoms with Crippen LogP contribution in [0.3, 0.4) is 0 Å². The lowest BCUT2D eigenvalue weighted by atomic mass is 10.1. The molecule has 0 aromatic heterocycles. The molecule has 0 bridgehead atoms. The number of halogens is 1. The molecule has 5 heteroatoms. The maximum atomic E-state index is 13.3. The number of benzene rings is 1. The standard InChI is InChI=1S/C11H10FNO2S/c1-2-15-11(14)4-7-3-8(16)5-10(12)9(7)6-13/h3,5,16H,2,4H2,1H3. The van der Waals surface area contributed by atoms with Crippen LogP contribution in [0.4, 0.5) is 4.39 Å². The van der Waals surface area contributed by atoms with Crippen LogP contribution in [-0.2, 0) is 16.0 Å². The molecule has 16 heavy (non-hydrogen) atoms. The van der Waals surface area contributed by atoms with Crippen molar-refractivity contribution in [3.8, 4) is 6.07 Å². The summed E-state index contributed by atoms with van der Waals surface area (Å²) in [5.74, 6) is -1.16. The Balaban J connectivity index is 3.04. The number of carbonyl (C=O) groups is 1. The lowest BCUT2D eigenvalue weighted by molar-refractivity contribution is -0.142. The SMILES string of the molecule is CCOC(=O)Cc1cc(S)cc(F)c1C#N. The van der Waals surface area contributed by atoms with Crippen LogP contribution < -0.4 is 0 Å². The third kappa shape index (κ3) is 2.97. The van der Waals surface area contributed by atoms with Gasteiger partial charge in [-0.3, -0.25) is 4.79 Å². The number of rotatable bonds is 3. The highest BCUT2D eigenvalue weighted by Gasteiger charge is 2.13. The molecule has 0 saturated carbocycles. The van der Waals surface area contributed by atoms with Crippen molar-refractivity contribution in [1.82, 2.24) is 0 Å². The number of esters is 1. The highest BCUT2D eigenvalue weighted by molar-refractivity contribution is 7.80. The summed E-state index contributed by atoms with van der Waals surface area (Å²) in [4.78, 5) is 11.6. The van der Waals surface area contributed by atoms with E-state index in [2.05, 4.69) is 12.6 Å². The minimum atomic E-state index is -0.672. The van der Waals surface area contributed by atoms with Gasteiger partial charge < -0.3 is 4.74 Å². The Morgan fingerprint density at radius 2 is 2.31 bits per heavy atom. The van der Waals surface area contributed by atoms with Crippen molar-refractivity contribution in [3.05, 3.63) is 29.1 Å². The van der Waals surface area contributed by atoms with Gasteiger partial charge in [-0.2, -0.15) is 5.26 Å². The van der Waals surface area contributed by atoms with Gasteiger partial charge in [0.25, 0.3) is 0 Å². The average molecular weight is 239 g/mol. The minimum Gasteiger partial charge on any atom is -0.466 e. The second-order valence-corrected chi connectivity index (χ2v) is 3.57. The second kappa shape index (κ2) is 5.52. The van der Waals surface area contributed by atoms with Crippen molar-refractivity contribution in [2.45, 2.75) is 18.2 Å². The van der Waals surface area contributed by atoms with Crippen molar-refractivity contribution in [2.75, 3.05) is 6.61 Å². The van der Waals surface area contributed by atoms with E-state index in [0.29, 0.717) is 10.5 Å². The highest BCUT2D eigenvalue weighted by Crippen LogP contribution is 2.19. The Labute approximate surface area is 98.2 Å². The zero-order valence-electron chi connectivity index (χ0n) is 8.66. The predicted octanol–water partition coefficient (Wildman–Crippen LogP) is 2.09. The summed E-state index contributed by atoms with van der Waals surface area (Å²) in [6.07, 6.45) is -0.123. The van der Waals surface area contributed by atoms with Crippen molar-refractivity contribution >= 4 is 18.6 Å². The van der Waals surface area contributed by atoms with E-state index in [9.17, 15) is 9.18 Å². The van der Waals surface area contributed by atoms with E-state index in [1.54, 1.807) is 13.0 Å². The quantitative estimate of drug-likeness (QED) is 0.649. The number of carbonyl (C=O) groups excluding carboxylic acids is 1. The monoisotopic (exact) mass is 239 g/mol. The van der Waals surface area contributed by atoms with Gasteiger partial charge in [0.1, 0.15) is 11.9 Å². The number of hydrogen-bond acceptors (Lipinski definition) is 4. The number of hydrogen-bond donors (Lipinski definition) is 1. The van der Waals surface area contributed by atoms with Gasteiger partial charge in [-0.25, -0.2) is 4.39 Å². The molecule has 0 fully saturated rings. The Bertz CT molecular complexity index is 454. The number of nitriles is 1. The second-order valence-electron chi connectivity index (χ2n) is 3.06. The number of thiol groups is 1. The Morgan fingerprint density at radius 1 is 1.62 bits per heavy atom. The predicted molar refractivity (Wildman–Crippen MR) is 58.7 cm³/mol. The summed E-state index contributed by atoms with van der Waals surface area (Å²) in [5.41, 5.74) is 0.164. The van der Waals surface area contributed by atoms with E-state index in [1.807, 2.05) is 0 Å². The minimum absolute atomic E-state index is 0.123. The molecule has 1 aromatic rings. The van der Waals surface area contributed by atoms with Crippen LogP contribution in [0.2, 0.25) is 0 Å². The van der Waals surface area contributed by atoms with E-state index >= 15 is 0 Å². The van der Waals surface area contributed by atoms with Crippen molar-refractivity contribution < 1.29 is 13.9 Å². The molecule has 0 amide bonds.